The van der Waals surface area contributed by atoms with E-state index in [-0.39, 0.29) is 17.4 Å². The van der Waals surface area contributed by atoms with E-state index < -0.39 is 4.92 Å². The number of aromatic amines is 1. The molecule has 3 heterocycles. The first-order valence-corrected chi connectivity index (χ1v) is 14.1. The number of imidazole rings is 1. The lowest BCUT2D eigenvalue weighted by Gasteiger charge is -2.32. The quantitative estimate of drug-likeness (QED) is 0.189. The number of nitro groups is 1. The van der Waals surface area contributed by atoms with Crippen LogP contribution in [-0.2, 0) is 6.54 Å². The number of benzene rings is 4. The lowest BCUT2D eigenvalue weighted by Crippen LogP contribution is -2.36. The molecule has 2 aromatic heterocycles. The molecule has 208 valence electrons. The summed E-state index contributed by atoms with van der Waals surface area (Å²) in [5, 5.41) is 11.4. The topological polar surface area (TPSA) is 110 Å². The molecule has 1 fully saturated rings. The molecule has 0 amide bonds. The summed E-state index contributed by atoms with van der Waals surface area (Å²) in [6.07, 6.45) is 1.83. The second-order valence-corrected chi connectivity index (χ2v) is 10.7. The Balaban J connectivity index is 1.12. The fourth-order valence-electron chi connectivity index (χ4n) is 5.95. The van der Waals surface area contributed by atoms with Gasteiger partial charge in [-0.05, 0) is 36.6 Å². The SMILES string of the molecule is O=c1[nH]c2ccccc2n1C1CCN(Cc2ccc(-c3nc4cc([N+](=O)[O-])ccc4nc3-c3ccccc3)cc2)CC1. The predicted molar refractivity (Wildman–Crippen MR) is 163 cm³/mol. The summed E-state index contributed by atoms with van der Waals surface area (Å²) in [7, 11) is 0. The summed E-state index contributed by atoms with van der Waals surface area (Å²) in [5.41, 5.74) is 7.34. The van der Waals surface area contributed by atoms with Gasteiger partial charge in [0, 0.05) is 48.9 Å². The Hall–Kier alpha value is -5.15. The Bertz CT molecular complexity index is 1970. The van der Waals surface area contributed by atoms with Crippen LogP contribution in [0.5, 0.6) is 0 Å². The molecule has 0 atom stereocenters. The molecule has 7 rings (SSSR count). The van der Waals surface area contributed by atoms with Crippen molar-refractivity contribution in [2.45, 2.75) is 25.4 Å². The smallest absolute Gasteiger partial charge is 0.306 e. The maximum absolute atomic E-state index is 12.6. The molecule has 9 nitrogen and oxygen atoms in total. The van der Waals surface area contributed by atoms with Gasteiger partial charge in [0.15, 0.2) is 0 Å². The Morgan fingerprint density at radius 2 is 1.48 bits per heavy atom. The van der Waals surface area contributed by atoms with Crippen LogP contribution in [0.25, 0.3) is 44.6 Å². The molecule has 1 N–H and O–H groups in total. The molecule has 0 bridgehead atoms. The predicted octanol–water partition coefficient (Wildman–Crippen LogP) is 6.35. The van der Waals surface area contributed by atoms with Crippen LogP contribution >= 0.6 is 0 Å². The number of likely N-dealkylation sites (tertiary alicyclic amines) is 1. The number of aromatic nitrogens is 4. The molecule has 1 aliphatic rings. The van der Waals surface area contributed by atoms with E-state index in [1.165, 1.54) is 17.7 Å². The molecule has 0 radical (unpaired) electrons. The third-order valence-electron chi connectivity index (χ3n) is 8.09. The van der Waals surface area contributed by atoms with Crippen LogP contribution in [0.15, 0.2) is 102 Å². The van der Waals surface area contributed by atoms with Crippen molar-refractivity contribution in [1.82, 2.24) is 24.4 Å². The van der Waals surface area contributed by atoms with Crippen molar-refractivity contribution in [3.8, 4) is 22.5 Å². The van der Waals surface area contributed by atoms with Crippen LogP contribution in [-0.4, -0.2) is 42.4 Å². The molecule has 0 aliphatic carbocycles. The Labute approximate surface area is 241 Å². The van der Waals surface area contributed by atoms with Crippen molar-refractivity contribution in [2.75, 3.05) is 13.1 Å². The van der Waals surface area contributed by atoms with Crippen molar-refractivity contribution in [2.24, 2.45) is 0 Å². The van der Waals surface area contributed by atoms with Gasteiger partial charge >= 0.3 is 5.69 Å². The molecular weight excluding hydrogens is 528 g/mol. The van der Waals surface area contributed by atoms with Crippen molar-refractivity contribution in [3.05, 3.63) is 123 Å². The highest BCUT2D eigenvalue weighted by Gasteiger charge is 2.24. The van der Waals surface area contributed by atoms with Crippen molar-refractivity contribution in [1.29, 1.82) is 0 Å². The summed E-state index contributed by atoms with van der Waals surface area (Å²) in [6.45, 7) is 2.63. The first kappa shape index (κ1) is 25.8. The molecule has 1 saturated heterocycles. The zero-order chi connectivity index (χ0) is 28.6. The Morgan fingerprint density at radius 1 is 0.810 bits per heavy atom. The number of nitrogens with zero attached hydrogens (tertiary/aromatic N) is 5. The minimum Gasteiger partial charge on any atom is -0.306 e. The molecule has 0 spiro atoms. The maximum Gasteiger partial charge on any atom is 0.326 e. The standard InChI is InChI=1S/C33H28N6O3/c40-33-36-28-8-4-5-9-30(28)38(33)25-16-18-37(19-17-25)21-22-10-12-24(13-11-22)32-31(23-6-2-1-3-7-23)34-27-15-14-26(39(41)42)20-29(27)35-32/h1-15,20,25H,16-19,21H2,(H,36,40). The van der Waals surface area contributed by atoms with E-state index in [9.17, 15) is 14.9 Å². The first-order valence-electron chi connectivity index (χ1n) is 14.1. The highest BCUT2D eigenvalue weighted by molar-refractivity contribution is 5.87. The Morgan fingerprint density at radius 3 is 2.21 bits per heavy atom. The lowest BCUT2D eigenvalue weighted by atomic mass is 10.0. The second-order valence-electron chi connectivity index (χ2n) is 10.7. The van der Waals surface area contributed by atoms with E-state index in [1.807, 2.05) is 71.3 Å². The number of non-ortho nitro benzene ring substituents is 1. The van der Waals surface area contributed by atoms with Gasteiger partial charge in [-0.25, -0.2) is 14.8 Å². The zero-order valence-electron chi connectivity index (χ0n) is 22.8. The number of hydrogen-bond donors (Lipinski definition) is 1. The number of para-hydroxylation sites is 2. The van der Waals surface area contributed by atoms with Gasteiger partial charge in [0.2, 0.25) is 0 Å². The molecule has 1 aliphatic heterocycles. The largest absolute Gasteiger partial charge is 0.326 e. The minimum atomic E-state index is -0.414. The lowest BCUT2D eigenvalue weighted by molar-refractivity contribution is -0.384. The van der Waals surface area contributed by atoms with E-state index >= 15 is 0 Å². The van der Waals surface area contributed by atoms with Gasteiger partial charge in [0.05, 0.1) is 38.4 Å². The third-order valence-corrected chi connectivity index (χ3v) is 8.09. The minimum absolute atomic E-state index is 0.0103. The van der Waals surface area contributed by atoms with Crippen LogP contribution in [0.1, 0.15) is 24.4 Å². The highest BCUT2D eigenvalue weighted by Crippen LogP contribution is 2.32. The van der Waals surface area contributed by atoms with E-state index in [2.05, 4.69) is 22.0 Å². The summed E-state index contributed by atoms with van der Waals surface area (Å²) in [6, 6.07) is 30.8. The fourth-order valence-corrected chi connectivity index (χ4v) is 5.95. The van der Waals surface area contributed by atoms with Gasteiger partial charge < -0.3 is 4.98 Å². The zero-order valence-corrected chi connectivity index (χ0v) is 22.8. The number of fused-ring (bicyclic) bond motifs is 2. The Kier molecular flexibility index (Phi) is 6.56. The average molecular weight is 557 g/mol. The third kappa shape index (κ3) is 4.84. The number of nitro benzene ring substituents is 1. The molecule has 0 saturated carbocycles. The van der Waals surface area contributed by atoms with Gasteiger partial charge in [0.25, 0.3) is 5.69 Å². The number of piperidine rings is 1. The molecule has 6 aromatic rings. The van der Waals surface area contributed by atoms with Gasteiger partial charge in [-0.15, -0.1) is 0 Å². The average Bonchev–Trinajstić information content (AvgIpc) is 3.37. The molecule has 0 unspecified atom stereocenters. The molecule has 4 aromatic carbocycles. The van der Waals surface area contributed by atoms with Crippen molar-refractivity contribution >= 4 is 27.8 Å². The monoisotopic (exact) mass is 556 g/mol. The van der Waals surface area contributed by atoms with E-state index in [0.717, 1.165) is 60.3 Å². The van der Waals surface area contributed by atoms with E-state index in [0.29, 0.717) is 16.7 Å². The summed E-state index contributed by atoms with van der Waals surface area (Å²) < 4.78 is 1.92. The van der Waals surface area contributed by atoms with Gasteiger partial charge in [0.1, 0.15) is 0 Å². The van der Waals surface area contributed by atoms with Crippen LogP contribution in [0, 0.1) is 10.1 Å². The van der Waals surface area contributed by atoms with Crippen LogP contribution < -0.4 is 5.69 Å². The fraction of sp³-hybridized carbons (Fsp3) is 0.182. The molecule has 42 heavy (non-hydrogen) atoms. The van der Waals surface area contributed by atoms with Gasteiger partial charge in [-0.1, -0.05) is 66.7 Å². The first-order chi connectivity index (χ1) is 20.5. The van der Waals surface area contributed by atoms with Gasteiger partial charge in [-0.2, -0.15) is 0 Å². The van der Waals surface area contributed by atoms with E-state index in [1.54, 1.807) is 6.07 Å². The van der Waals surface area contributed by atoms with Crippen LogP contribution in [0.4, 0.5) is 5.69 Å². The molecule has 9 heteroatoms. The number of hydrogen-bond acceptors (Lipinski definition) is 6. The number of rotatable bonds is 6. The summed E-state index contributed by atoms with van der Waals surface area (Å²) in [5.74, 6) is 0. The number of H-pyrrole nitrogens is 1. The number of nitrogens with one attached hydrogen (secondary N) is 1. The highest BCUT2D eigenvalue weighted by atomic mass is 16.6. The van der Waals surface area contributed by atoms with Crippen molar-refractivity contribution < 1.29 is 4.92 Å². The van der Waals surface area contributed by atoms with Crippen LogP contribution in [0.2, 0.25) is 0 Å². The van der Waals surface area contributed by atoms with Crippen molar-refractivity contribution in [3.63, 3.8) is 0 Å². The second kappa shape index (κ2) is 10.7. The maximum atomic E-state index is 12.6. The summed E-state index contributed by atoms with van der Waals surface area (Å²) in [4.78, 5) is 38.7. The van der Waals surface area contributed by atoms with Crippen LogP contribution in [0.3, 0.4) is 0 Å². The van der Waals surface area contributed by atoms with Gasteiger partial charge in [-0.3, -0.25) is 19.6 Å². The van der Waals surface area contributed by atoms with E-state index in [4.69, 9.17) is 9.97 Å². The summed E-state index contributed by atoms with van der Waals surface area (Å²) >= 11 is 0. The normalized spacial score (nSPS) is 14.5. The molecular formula is C33H28N6O3.